The lowest BCUT2D eigenvalue weighted by Crippen LogP contribution is -2.18. The molecule has 28 heavy (non-hydrogen) atoms. The highest BCUT2D eigenvalue weighted by Gasteiger charge is 2.33. The number of hydrogen-bond donors (Lipinski definition) is 2. The van der Waals surface area contributed by atoms with E-state index in [1.807, 2.05) is 0 Å². The molecule has 0 aliphatic rings. The van der Waals surface area contributed by atoms with Gasteiger partial charge in [0.1, 0.15) is 5.69 Å². The molecule has 0 spiro atoms. The van der Waals surface area contributed by atoms with Crippen LogP contribution in [0.25, 0.3) is 5.65 Å². The quantitative estimate of drug-likeness (QED) is 0.661. The molecule has 3 aromatic rings. The average Bonchev–Trinajstić information content (AvgIpc) is 3.00. The number of halogens is 4. The second-order valence-electron chi connectivity index (χ2n) is 5.83. The van der Waals surface area contributed by atoms with Gasteiger partial charge < -0.3 is 10.4 Å². The van der Waals surface area contributed by atoms with E-state index in [-0.39, 0.29) is 39.7 Å². The molecule has 1 aromatic carbocycles. The summed E-state index contributed by atoms with van der Waals surface area (Å²) in [4.78, 5) is 28.3. The minimum absolute atomic E-state index is 0.00295. The van der Waals surface area contributed by atoms with Crippen molar-refractivity contribution >= 4 is 34.8 Å². The Morgan fingerprint density at radius 2 is 1.96 bits per heavy atom. The highest BCUT2D eigenvalue weighted by Crippen LogP contribution is 2.33. The fraction of sp³-hybridized carbons (Fsp3) is 0.167. The minimum atomic E-state index is -4.67. The lowest BCUT2D eigenvalue weighted by atomic mass is 10.1. The smallest absolute Gasteiger partial charge is 0.417 e. The number of hydrogen-bond acceptors (Lipinski definition) is 3. The van der Waals surface area contributed by atoms with E-state index in [4.69, 9.17) is 11.6 Å². The highest BCUT2D eigenvalue weighted by molar-refractivity contribution is 6.33. The lowest BCUT2D eigenvalue weighted by Gasteiger charge is -2.11. The van der Waals surface area contributed by atoms with Crippen LogP contribution in [0.5, 0.6) is 0 Å². The first-order valence-electron chi connectivity index (χ1n) is 8.04. The fourth-order valence-electron chi connectivity index (χ4n) is 2.75. The van der Waals surface area contributed by atoms with Crippen LogP contribution in [0.3, 0.4) is 0 Å². The predicted molar refractivity (Wildman–Crippen MR) is 95.9 cm³/mol. The molecule has 0 saturated carbocycles. The second kappa shape index (κ2) is 7.16. The SMILES string of the molecule is CCc1nc2c(Cl)cc(C(F)(F)F)cn2c1C(=O)Nc1ccccc1C(=O)O. The Morgan fingerprint density at radius 1 is 1.29 bits per heavy atom. The zero-order valence-electron chi connectivity index (χ0n) is 14.3. The van der Waals surface area contributed by atoms with E-state index in [0.717, 1.165) is 16.7 Å². The summed E-state index contributed by atoms with van der Waals surface area (Å²) in [5, 5.41) is 11.4. The number of carboxylic acids is 1. The van der Waals surface area contributed by atoms with Crippen LogP contribution in [-0.2, 0) is 12.6 Å². The third-order valence-electron chi connectivity index (χ3n) is 4.03. The van der Waals surface area contributed by atoms with E-state index >= 15 is 0 Å². The number of benzene rings is 1. The number of amides is 1. The van der Waals surface area contributed by atoms with Crippen molar-refractivity contribution in [3.05, 3.63) is 64.1 Å². The molecule has 0 aliphatic heterocycles. The van der Waals surface area contributed by atoms with Crippen LogP contribution in [0.15, 0.2) is 36.5 Å². The molecule has 3 rings (SSSR count). The van der Waals surface area contributed by atoms with Gasteiger partial charge in [0.05, 0.1) is 27.5 Å². The molecule has 2 heterocycles. The summed E-state index contributed by atoms with van der Waals surface area (Å²) in [7, 11) is 0. The number of rotatable bonds is 4. The van der Waals surface area contributed by atoms with Crippen molar-refractivity contribution < 1.29 is 27.9 Å². The summed E-state index contributed by atoms with van der Waals surface area (Å²) in [6.45, 7) is 1.68. The van der Waals surface area contributed by atoms with Crippen molar-refractivity contribution in [3.63, 3.8) is 0 Å². The molecule has 0 unspecified atom stereocenters. The van der Waals surface area contributed by atoms with Crippen molar-refractivity contribution in [3.8, 4) is 0 Å². The molecule has 2 aromatic heterocycles. The molecule has 0 aliphatic carbocycles. The van der Waals surface area contributed by atoms with E-state index in [2.05, 4.69) is 10.3 Å². The number of fused-ring (bicyclic) bond motifs is 1. The van der Waals surface area contributed by atoms with Crippen LogP contribution in [0.4, 0.5) is 18.9 Å². The van der Waals surface area contributed by atoms with Crippen molar-refractivity contribution in [2.45, 2.75) is 19.5 Å². The van der Waals surface area contributed by atoms with Gasteiger partial charge in [-0.1, -0.05) is 30.7 Å². The third-order valence-corrected chi connectivity index (χ3v) is 4.31. The van der Waals surface area contributed by atoms with Crippen LogP contribution in [0.2, 0.25) is 5.02 Å². The topological polar surface area (TPSA) is 83.7 Å². The number of alkyl halides is 3. The Labute approximate surface area is 161 Å². The highest BCUT2D eigenvalue weighted by atomic mass is 35.5. The normalized spacial score (nSPS) is 11.6. The molecule has 1 amide bonds. The standard InChI is InChI=1S/C18H13ClF3N3O3/c1-2-12-14(16(26)24-13-6-4-3-5-10(13)17(27)28)25-8-9(18(20,21)22)7-11(19)15(25)23-12/h3-8H,2H2,1H3,(H,24,26)(H,27,28). The Morgan fingerprint density at radius 3 is 2.57 bits per heavy atom. The molecule has 0 atom stereocenters. The Bertz CT molecular complexity index is 1090. The van der Waals surface area contributed by atoms with Gasteiger partial charge in [-0.05, 0) is 24.6 Å². The summed E-state index contributed by atoms with van der Waals surface area (Å²) >= 11 is 5.95. The minimum Gasteiger partial charge on any atom is -0.478 e. The van der Waals surface area contributed by atoms with E-state index in [1.165, 1.54) is 24.3 Å². The van der Waals surface area contributed by atoms with Gasteiger partial charge in [-0.2, -0.15) is 13.2 Å². The van der Waals surface area contributed by atoms with E-state index in [1.54, 1.807) is 6.92 Å². The Balaban J connectivity index is 2.15. The summed E-state index contributed by atoms with van der Waals surface area (Å²) in [5.74, 6) is -2.05. The number of carboxylic acid groups (broad SMARTS) is 1. The van der Waals surface area contributed by atoms with Gasteiger partial charge in [0.15, 0.2) is 5.65 Å². The van der Waals surface area contributed by atoms with Crippen molar-refractivity contribution in [1.29, 1.82) is 0 Å². The zero-order valence-corrected chi connectivity index (χ0v) is 15.1. The number of nitrogens with zero attached hydrogens (tertiary/aromatic N) is 2. The Kier molecular flexibility index (Phi) is 5.03. The summed E-state index contributed by atoms with van der Waals surface area (Å²) in [5.41, 5.74) is -1.10. The Hall–Kier alpha value is -3.07. The van der Waals surface area contributed by atoms with Gasteiger partial charge in [0.2, 0.25) is 0 Å². The number of pyridine rings is 1. The zero-order chi connectivity index (χ0) is 20.6. The van der Waals surface area contributed by atoms with Crippen LogP contribution >= 0.6 is 11.6 Å². The summed E-state index contributed by atoms with van der Waals surface area (Å²) < 4.78 is 40.4. The van der Waals surface area contributed by atoms with Crippen molar-refractivity contribution in [2.75, 3.05) is 5.32 Å². The summed E-state index contributed by atoms with van der Waals surface area (Å²) in [6, 6.07) is 6.43. The molecule has 0 fully saturated rings. The number of para-hydroxylation sites is 1. The molecule has 0 bridgehead atoms. The molecule has 0 radical (unpaired) electrons. The van der Waals surface area contributed by atoms with Gasteiger partial charge in [-0.3, -0.25) is 9.20 Å². The first kappa shape index (κ1) is 19.7. The maximum Gasteiger partial charge on any atom is 0.417 e. The average molecular weight is 412 g/mol. The van der Waals surface area contributed by atoms with Crippen molar-refractivity contribution in [2.24, 2.45) is 0 Å². The van der Waals surface area contributed by atoms with Crippen LogP contribution < -0.4 is 5.32 Å². The van der Waals surface area contributed by atoms with Crippen LogP contribution in [0.1, 0.15) is 39.0 Å². The van der Waals surface area contributed by atoms with E-state index < -0.39 is 23.6 Å². The maximum absolute atomic E-state index is 13.1. The number of imidazole rings is 1. The fourth-order valence-corrected chi connectivity index (χ4v) is 3.00. The second-order valence-corrected chi connectivity index (χ2v) is 6.24. The number of carbonyl (C=O) groups excluding carboxylic acids is 1. The van der Waals surface area contributed by atoms with Crippen LogP contribution in [0, 0.1) is 0 Å². The number of aromatic carboxylic acids is 1. The van der Waals surface area contributed by atoms with Gasteiger partial charge in [0, 0.05) is 6.20 Å². The molecule has 6 nitrogen and oxygen atoms in total. The lowest BCUT2D eigenvalue weighted by molar-refractivity contribution is -0.137. The molecule has 146 valence electrons. The third kappa shape index (κ3) is 3.53. The number of nitrogens with one attached hydrogen (secondary N) is 1. The number of carbonyl (C=O) groups is 2. The predicted octanol–water partition coefficient (Wildman–Crippen LogP) is 4.52. The summed E-state index contributed by atoms with van der Waals surface area (Å²) in [6.07, 6.45) is -3.67. The molecule has 10 heteroatoms. The number of aryl methyl sites for hydroxylation is 1. The van der Waals surface area contributed by atoms with Gasteiger partial charge in [-0.15, -0.1) is 0 Å². The van der Waals surface area contributed by atoms with E-state index in [0.29, 0.717) is 0 Å². The number of anilines is 1. The van der Waals surface area contributed by atoms with E-state index in [9.17, 15) is 27.9 Å². The van der Waals surface area contributed by atoms with Gasteiger partial charge >= 0.3 is 12.1 Å². The van der Waals surface area contributed by atoms with Gasteiger partial charge in [-0.25, -0.2) is 9.78 Å². The monoisotopic (exact) mass is 411 g/mol. The number of aromatic nitrogens is 2. The first-order chi connectivity index (χ1) is 13.1. The largest absolute Gasteiger partial charge is 0.478 e. The first-order valence-corrected chi connectivity index (χ1v) is 8.42. The molecular weight excluding hydrogens is 399 g/mol. The molecular formula is C18H13ClF3N3O3. The molecule has 0 saturated heterocycles. The maximum atomic E-state index is 13.1. The van der Waals surface area contributed by atoms with Crippen LogP contribution in [-0.4, -0.2) is 26.4 Å². The van der Waals surface area contributed by atoms with Gasteiger partial charge in [0.25, 0.3) is 5.91 Å². The van der Waals surface area contributed by atoms with Crippen molar-refractivity contribution in [1.82, 2.24) is 9.38 Å². The molecule has 2 N–H and O–H groups in total.